The van der Waals surface area contributed by atoms with Crippen LogP contribution in [0.1, 0.15) is 20.8 Å². The minimum absolute atomic E-state index is 0.211. The van der Waals surface area contributed by atoms with Gasteiger partial charge >= 0.3 is 0 Å². The van der Waals surface area contributed by atoms with Crippen LogP contribution in [0.15, 0.2) is 42.5 Å². The van der Waals surface area contributed by atoms with Crippen LogP contribution >= 0.6 is 0 Å². The molecule has 2 atom stereocenters. The van der Waals surface area contributed by atoms with Gasteiger partial charge in [0.25, 0.3) is 0 Å². The molecule has 0 fully saturated rings. The Morgan fingerprint density at radius 3 is 2.79 bits per heavy atom. The molecule has 0 amide bonds. The zero-order chi connectivity index (χ0) is 16.9. The van der Waals surface area contributed by atoms with E-state index in [1.807, 2.05) is 10.9 Å². The first-order chi connectivity index (χ1) is 11.4. The highest BCUT2D eigenvalue weighted by Gasteiger charge is 2.29. The maximum absolute atomic E-state index is 6.11. The van der Waals surface area contributed by atoms with E-state index in [0.29, 0.717) is 11.6 Å². The predicted molar refractivity (Wildman–Crippen MR) is 95.1 cm³/mol. The Labute approximate surface area is 140 Å². The van der Waals surface area contributed by atoms with Crippen molar-refractivity contribution >= 4 is 22.7 Å². The number of nitrogens with two attached hydrogens (primary N) is 1. The van der Waals surface area contributed by atoms with Crippen molar-refractivity contribution in [2.45, 2.75) is 32.4 Å². The molecule has 2 aromatic rings. The molecule has 7 nitrogen and oxygen atoms in total. The Morgan fingerprint density at radius 2 is 2.00 bits per heavy atom. The number of rotatable bonds is 2. The summed E-state index contributed by atoms with van der Waals surface area (Å²) in [5.41, 5.74) is 7.70. The quantitative estimate of drug-likeness (QED) is 0.784. The summed E-state index contributed by atoms with van der Waals surface area (Å²) in [6.07, 6.45) is 11.9. The number of hydrogen-bond donors (Lipinski definition) is 3. The Bertz CT molecular complexity index is 882. The number of anilines is 2. The van der Waals surface area contributed by atoms with Crippen molar-refractivity contribution < 1.29 is 0 Å². The van der Waals surface area contributed by atoms with E-state index < -0.39 is 0 Å². The average molecular weight is 323 g/mol. The molecule has 4 N–H and O–H groups in total. The third-order valence-corrected chi connectivity index (χ3v) is 4.32. The van der Waals surface area contributed by atoms with Crippen LogP contribution in [0.5, 0.6) is 0 Å². The van der Waals surface area contributed by atoms with Crippen molar-refractivity contribution in [2.24, 2.45) is 5.92 Å². The van der Waals surface area contributed by atoms with Crippen LogP contribution in [0.4, 0.5) is 11.6 Å². The molecule has 124 valence electrons. The van der Waals surface area contributed by atoms with Crippen LogP contribution in [-0.4, -0.2) is 25.8 Å². The second-order valence-corrected chi connectivity index (χ2v) is 7.10. The second-order valence-electron chi connectivity index (χ2n) is 7.10. The van der Waals surface area contributed by atoms with Crippen LogP contribution in [-0.2, 0) is 5.54 Å². The molecule has 3 heterocycles. The summed E-state index contributed by atoms with van der Waals surface area (Å²) < 4.78 is 1.89. The molecular formula is C17H21N7. The monoisotopic (exact) mass is 323 g/mol. The van der Waals surface area contributed by atoms with Crippen LogP contribution in [0, 0.1) is 5.92 Å². The SMILES string of the molecule is CC(C)(C)n1nc(NC2=CNC3C=CC=CC23)c2c(N)ncnc21. The molecule has 0 spiro atoms. The van der Waals surface area contributed by atoms with Gasteiger partial charge < -0.3 is 16.4 Å². The number of aromatic nitrogens is 4. The average Bonchev–Trinajstić information content (AvgIpc) is 3.11. The van der Waals surface area contributed by atoms with Gasteiger partial charge in [0.2, 0.25) is 0 Å². The Kier molecular flexibility index (Phi) is 3.13. The zero-order valence-corrected chi connectivity index (χ0v) is 14.0. The molecule has 0 saturated carbocycles. The molecule has 2 aliphatic rings. The highest BCUT2D eigenvalue weighted by molar-refractivity contribution is 5.96. The molecule has 24 heavy (non-hydrogen) atoms. The van der Waals surface area contributed by atoms with Crippen molar-refractivity contribution in [1.29, 1.82) is 0 Å². The molecule has 4 rings (SSSR count). The Hall–Kier alpha value is -2.83. The molecule has 2 aromatic heterocycles. The molecule has 7 heteroatoms. The van der Waals surface area contributed by atoms with E-state index in [4.69, 9.17) is 10.8 Å². The second kappa shape index (κ2) is 5.09. The molecule has 0 aromatic carbocycles. The van der Waals surface area contributed by atoms with Crippen LogP contribution in [0.25, 0.3) is 11.0 Å². The molecule has 2 unspecified atom stereocenters. The van der Waals surface area contributed by atoms with Crippen molar-refractivity contribution in [3.05, 3.63) is 42.5 Å². The van der Waals surface area contributed by atoms with Crippen LogP contribution < -0.4 is 16.4 Å². The molecule has 1 aliphatic carbocycles. The van der Waals surface area contributed by atoms with E-state index in [1.165, 1.54) is 6.33 Å². The summed E-state index contributed by atoms with van der Waals surface area (Å²) in [6, 6.07) is 0.280. The van der Waals surface area contributed by atoms with Crippen molar-refractivity contribution in [3.8, 4) is 0 Å². The minimum atomic E-state index is -0.211. The topological polar surface area (TPSA) is 93.7 Å². The number of nitrogens with one attached hydrogen (secondary N) is 2. The normalized spacial score (nSPS) is 22.4. The summed E-state index contributed by atoms with van der Waals surface area (Å²) in [6.45, 7) is 6.26. The number of nitrogen functional groups attached to an aromatic ring is 1. The summed E-state index contributed by atoms with van der Waals surface area (Å²) in [5, 5.41) is 12.3. The van der Waals surface area contributed by atoms with Gasteiger partial charge in [-0.2, -0.15) is 5.10 Å². The standard InChI is InChI=1S/C17H21N7/c1-17(2,3)24-16-13(14(18)20-9-21-16)15(23-24)22-12-8-19-11-7-5-4-6-10(11)12/h4-11,19H,1-3H3,(H,22,23)(H2,18,20,21). The van der Waals surface area contributed by atoms with E-state index in [-0.39, 0.29) is 17.5 Å². The first-order valence-corrected chi connectivity index (χ1v) is 8.03. The van der Waals surface area contributed by atoms with Gasteiger partial charge in [-0.1, -0.05) is 24.3 Å². The van der Waals surface area contributed by atoms with Gasteiger partial charge in [0.15, 0.2) is 11.5 Å². The summed E-state index contributed by atoms with van der Waals surface area (Å²) in [4.78, 5) is 8.53. The van der Waals surface area contributed by atoms with E-state index in [0.717, 1.165) is 16.7 Å². The predicted octanol–water partition coefficient (Wildman–Crippen LogP) is 2.13. The van der Waals surface area contributed by atoms with Gasteiger partial charge in [0, 0.05) is 17.8 Å². The van der Waals surface area contributed by atoms with Gasteiger partial charge in [-0.3, -0.25) is 0 Å². The van der Waals surface area contributed by atoms with E-state index >= 15 is 0 Å². The van der Waals surface area contributed by atoms with Gasteiger partial charge in [-0.15, -0.1) is 0 Å². The number of allylic oxidation sites excluding steroid dienone is 2. The van der Waals surface area contributed by atoms with Crippen molar-refractivity contribution in [1.82, 2.24) is 25.1 Å². The van der Waals surface area contributed by atoms with Crippen LogP contribution in [0.3, 0.4) is 0 Å². The molecule has 0 bridgehead atoms. The van der Waals surface area contributed by atoms with Gasteiger partial charge in [0.1, 0.15) is 17.5 Å². The number of nitrogens with zero attached hydrogens (tertiary/aromatic N) is 4. The maximum atomic E-state index is 6.11. The highest BCUT2D eigenvalue weighted by Crippen LogP contribution is 2.33. The van der Waals surface area contributed by atoms with Gasteiger partial charge in [0.05, 0.1) is 11.6 Å². The lowest BCUT2D eigenvalue weighted by molar-refractivity contribution is 0.367. The molecular weight excluding hydrogens is 302 g/mol. The van der Waals surface area contributed by atoms with Crippen molar-refractivity contribution in [2.75, 3.05) is 11.1 Å². The fraction of sp³-hybridized carbons (Fsp3) is 0.353. The summed E-state index contributed by atoms with van der Waals surface area (Å²) in [7, 11) is 0. The van der Waals surface area contributed by atoms with Crippen molar-refractivity contribution in [3.63, 3.8) is 0 Å². The number of hydrogen-bond acceptors (Lipinski definition) is 6. The summed E-state index contributed by atoms with van der Waals surface area (Å²) >= 11 is 0. The highest BCUT2D eigenvalue weighted by atomic mass is 15.4. The largest absolute Gasteiger partial charge is 0.383 e. The number of fused-ring (bicyclic) bond motifs is 2. The van der Waals surface area contributed by atoms with E-state index in [2.05, 4.69) is 65.7 Å². The minimum Gasteiger partial charge on any atom is -0.383 e. The maximum Gasteiger partial charge on any atom is 0.166 e. The third kappa shape index (κ3) is 2.24. The first-order valence-electron chi connectivity index (χ1n) is 8.03. The smallest absolute Gasteiger partial charge is 0.166 e. The first kappa shape index (κ1) is 14.7. The molecule has 0 saturated heterocycles. The zero-order valence-electron chi connectivity index (χ0n) is 14.0. The van der Waals surface area contributed by atoms with Gasteiger partial charge in [-0.25, -0.2) is 14.6 Å². The van der Waals surface area contributed by atoms with Gasteiger partial charge in [-0.05, 0) is 20.8 Å². The lowest BCUT2D eigenvalue weighted by Gasteiger charge is -2.20. The lowest BCUT2D eigenvalue weighted by Crippen LogP contribution is -2.26. The Morgan fingerprint density at radius 1 is 1.21 bits per heavy atom. The Balaban J connectivity index is 1.78. The van der Waals surface area contributed by atoms with E-state index in [9.17, 15) is 0 Å². The third-order valence-electron chi connectivity index (χ3n) is 4.32. The summed E-state index contributed by atoms with van der Waals surface area (Å²) in [5.74, 6) is 1.38. The molecule has 1 aliphatic heterocycles. The fourth-order valence-corrected chi connectivity index (χ4v) is 3.13. The van der Waals surface area contributed by atoms with E-state index in [1.54, 1.807) is 0 Å². The molecule has 0 radical (unpaired) electrons. The van der Waals surface area contributed by atoms with Crippen LogP contribution in [0.2, 0.25) is 0 Å². The fourth-order valence-electron chi connectivity index (χ4n) is 3.13. The lowest BCUT2D eigenvalue weighted by atomic mass is 9.95.